The predicted octanol–water partition coefficient (Wildman–Crippen LogP) is 5.03. The number of aromatic nitrogens is 4. The van der Waals surface area contributed by atoms with Crippen molar-refractivity contribution in [3.05, 3.63) is 75.8 Å². The van der Waals surface area contributed by atoms with Crippen LogP contribution in [0.4, 0.5) is 0 Å². The number of rotatable bonds is 6. The first-order valence-corrected chi connectivity index (χ1v) is 10.5. The van der Waals surface area contributed by atoms with Gasteiger partial charge in [0.25, 0.3) is 0 Å². The summed E-state index contributed by atoms with van der Waals surface area (Å²) in [4.78, 5) is 7.02. The molecular weight excluding hydrogens is 386 g/mol. The topological polar surface area (TPSA) is 38.9 Å². The summed E-state index contributed by atoms with van der Waals surface area (Å²) >= 11 is 7.45. The quantitative estimate of drug-likeness (QED) is 0.419. The molecule has 28 heavy (non-hydrogen) atoms. The molecule has 0 saturated carbocycles. The summed E-state index contributed by atoms with van der Waals surface area (Å²) in [6.45, 7) is 5.54. The average molecular weight is 410 g/mol. The van der Waals surface area contributed by atoms with Crippen LogP contribution in [0.25, 0.3) is 10.2 Å². The monoisotopic (exact) mass is 409 g/mol. The minimum Gasteiger partial charge on any atom is -0.300 e. The molecule has 0 unspecified atom stereocenters. The van der Waals surface area contributed by atoms with Crippen molar-refractivity contribution in [3.63, 3.8) is 0 Å². The summed E-state index contributed by atoms with van der Waals surface area (Å²) in [7, 11) is 2.09. The number of benzene rings is 2. The van der Waals surface area contributed by atoms with Gasteiger partial charge in [-0.25, -0.2) is 9.67 Å². The third-order valence-electron chi connectivity index (χ3n) is 4.98. The van der Waals surface area contributed by atoms with E-state index in [0.29, 0.717) is 6.67 Å². The molecule has 5 nitrogen and oxygen atoms in total. The second kappa shape index (κ2) is 7.95. The zero-order valence-corrected chi connectivity index (χ0v) is 17.9. The van der Waals surface area contributed by atoms with E-state index in [2.05, 4.69) is 58.9 Å². The van der Waals surface area contributed by atoms with Gasteiger partial charge in [-0.05, 0) is 50.8 Å². The van der Waals surface area contributed by atoms with Crippen molar-refractivity contribution < 1.29 is 0 Å². The molecule has 0 radical (unpaired) electrons. The van der Waals surface area contributed by atoms with Crippen molar-refractivity contribution in [1.82, 2.24) is 24.2 Å². The second-order valence-electron chi connectivity index (χ2n) is 7.00. The smallest absolute Gasteiger partial charge is 0.199 e. The van der Waals surface area contributed by atoms with Gasteiger partial charge in [0.2, 0.25) is 0 Å². The van der Waals surface area contributed by atoms with E-state index in [1.807, 2.05) is 35.9 Å². The van der Waals surface area contributed by atoms with Crippen molar-refractivity contribution in [2.24, 2.45) is 0 Å². The molecule has 0 saturated heterocycles. The molecule has 0 aliphatic carbocycles. The van der Waals surface area contributed by atoms with Crippen molar-refractivity contribution in [3.8, 4) is 0 Å². The Morgan fingerprint density at radius 1 is 1.11 bits per heavy atom. The third-order valence-corrected chi connectivity index (χ3v) is 6.62. The second-order valence-corrected chi connectivity index (χ2v) is 8.42. The van der Waals surface area contributed by atoms with E-state index in [9.17, 15) is 0 Å². The maximum atomic E-state index is 5.71. The van der Waals surface area contributed by atoms with Gasteiger partial charge in [-0.1, -0.05) is 42.5 Å². The van der Waals surface area contributed by atoms with Crippen molar-refractivity contribution in [2.75, 3.05) is 7.05 Å². The summed E-state index contributed by atoms with van der Waals surface area (Å²) in [5.74, 6) is 0.926. The molecule has 1 atom stereocenters. The molecule has 2 aromatic carbocycles. The molecule has 144 valence electrons. The molecule has 7 heteroatoms. The maximum absolute atomic E-state index is 5.71. The highest BCUT2D eigenvalue weighted by Gasteiger charge is 2.18. The predicted molar refractivity (Wildman–Crippen MR) is 117 cm³/mol. The fourth-order valence-corrected chi connectivity index (χ4v) is 4.56. The zero-order valence-electron chi connectivity index (χ0n) is 16.2. The Morgan fingerprint density at radius 2 is 1.82 bits per heavy atom. The number of para-hydroxylation sites is 1. The summed E-state index contributed by atoms with van der Waals surface area (Å²) < 4.78 is 5.94. The van der Waals surface area contributed by atoms with Gasteiger partial charge in [0.05, 0.1) is 29.5 Å². The van der Waals surface area contributed by atoms with E-state index in [1.54, 1.807) is 11.3 Å². The van der Waals surface area contributed by atoms with Crippen molar-refractivity contribution >= 4 is 33.8 Å². The molecule has 4 rings (SSSR count). The first-order valence-electron chi connectivity index (χ1n) is 9.27. The van der Waals surface area contributed by atoms with Crippen LogP contribution in [-0.4, -0.2) is 31.3 Å². The Balaban J connectivity index is 1.53. The first kappa shape index (κ1) is 19.0. The number of fused-ring (bicyclic) bond motifs is 1. The van der Waals surface area contributed by atoms with Gasteiger partial charge in [0, 0.05) is 0 Å². The fourth-order valence-electron chi connectivity index (χ4n) is 3.18. The highest BCUT2D eigenvalue weighted by molar-refractivity contribution is 7.71. The number of hydrogen-bond acceptors (Lipinski definition) is 5. The Kier molecular flexibility index (Phi) is 5.39. The Bertz CT molecular complexity index is 1110. The van der Waals surface area contributed by atoms with Gasteiger partial charge in [0.1, 0.15) is 10.8 Å². The van der Waals surface area contributed by atoms with Gasteiger partial charge in [-0.3, -0.25) is 9.47 Å². The van der Waals surface area contributed by atoms with E-state index >= 15 is 0 Å². The summed E-state index contributed by atoms with van der Waals surface area (Å²) in [5.41, 5.74) is 2.28. The molecule has 0 aliphatic rings. The minimum absolute atomic E-state index is 0.180. The molecule has 4 aromatic rings. The lowest BCUT2D eigenvalue weighted by molar-refractivity contribution is 0.194. The molecule has 0 bridgehead atoms. The molecule has 0 aliphatic heterocycles. The highest BCUT2D eigenvalue weighted by atomic mass is 32.1. The first-order chi connectivity index (χ1) is 13.5. The molecule has 2 heterocycles. The van der Waals surface area contributed by atoms with Crippen LogP contribution in [0.15, 0.2) is 54.6 Å². The average Bonchev–Trinajstić information content (AvgIpc) is 3.25. The number of aryl methyl sites for hydroxylation is 1. The number of nitrogens with zero attached hydrogens (tertiary/aromatic N) is 5. The SMILES string of the molecule is Cc1nn(CN(C)[C@H](C)c2nc3ccccc3s2)c(=S)n1Cc1ccccc1. The van der Waals surface area contributed by atoms with Gasteiger partial charge in [-0.15, -0.1) is 11.3 Å². The lowest BCUT2D eigenvalue weighted by atomic mass is 10.2. The van der Waals surface area contributed by atoms with E-state index < -0.39 is 0 Å². The molecule has 0 N–H and O–H groups in total. The lowest BCUT2D eigenvalue weighted by Crippen LogP contribution is -2.26. The molecule has 0 fully saturated rings. The molecule has 0 amide bonds. The maximum Gasteiger partial charge on any atom is 0.199 e. The standard InChI is InChI=1S/C21H23N5S2/c1-15(20-22-18-11-7-8-12-19(18)28-20)24(3)14-26-21(27)25(16(2)23-26)13-17-9-5-4-6-10-17/h4-12,15H,13-14H2,1-3H3/t15-/m1/s1. The van der Waals surface area contributed by atoms with Gasteiger partial charge < -0.3 is 0 Å². The van der Waals surface area contributed by atoms with Crippen LogP contribution >= 0.6 is 23.6 Å². The van der Waals surface area contributed by atoms with Crippen LogP contribution < -0.4 is 0 Å². The van der Waals surface area contributed by atoms with E-state index in [0.717, 1.165) is 27.7 Å². The Morgan fingerprint density at radius 3 is 2.57 bits per heavy atom. The van der Waals surface area contributed by atoms with Crippen LogP contribution in [0.1, 0.15) is 29.4 Å². The summed E-state index contributed by atoms with van der Waals surface area (Å²) in [6, 6.07) is 18.8. The Labute approximate surface area is 173 Å². The molecular formula is C21H23N5S2. The van der Waals surface area contributed by atoms with Gasteiger partial charge in [-0.2, -0.15) is 5.10 Å². The summed E-state index contributed by atoms with van der Waals surface area (Å²) in [6.07, 6.45) is 0. The number of thiazole rings is 1. The molecule has 0 spiro atoms. The van der Waals surface area contributed by atoms with Crippen LogP contribution in [0.3, 0.4) is 0 Å². The fraction of sp³-hybridized carbons (Fsp3) is 0.286. The van der Waals surface area contributed by atoms with Crippen molar-refractivity contribution in [1.29, 1.82) is 0 Å². The largest absolute Gasteiger partial charge is 0.300 e. The third kappa shape index (κ3) is 3.78. The Hall–Kier alpha value is -2.35. The van der Waals surface area contributed by atoms with Gasteiger partial charge >= 0.3 is 0 Å². The zero-order chi connectivity index (χ0) is 19.7. The van der Waals surface area contributed by atoms with Crippen LogP contribution in [-0.2, 0) is 13.2 Å². The highest BCUT2D eigenvalue weighted by Crippen LogP contribution is 2.29. The normalized spacial score (nSPS) is 12.7. The van der Waals surface area contributed by atoms with Crippen LogP contribution in [0.2, 0.25) is 0 Å². The molecule has 2 aromatic heterocycles. The van der Waals surface area contributed by atoms with E-state index in [4.69, 9.17) is 17.2 Å². The summed E-state index contributed by atoms with van der Waals surface area (Å²) in [5, 5.41) is 5.79. The minimum atomic E-state index is 0.180. The van der Waals surface area contributed by atoms with E-state index in [-0.39, 0.29) is 6.04 Å². The number of hydrogen-bond donors (Lipinski definition) is 0. The van der Waals surface area contributed by atoms with Gasteiger partial charge in [0.15, 0.2) is 4.77 Å². The van der Waals surface area contributed by atoms with Crippen LogP contribution in [0, 0.1) is 11.7 Å². The van der Waals surface area contributed by atoms with Crippen LogP contribution in [0.5, 0.6) is 0 Å². The van der Waals surface area contributed by atoms with Crippen molar-refractivity contribution in [2.45, 2.75) is 33.1 Å². The lowest BCUT2D eigenvalue weighted by Gasteiger charge is -2.22. The van der Waals surface area contributed by atoms with E-state index in [1.165, 1.54) is 10.3 Å².